The first-order valence-corrected chi connectivity index (χ1v) is 29.9. The summed E-state index contributed by atoms with van der Waals surface area (Å²) in [5.41, 5.74) is 17.1. The van der Waals surface area contributed by atoms with E-state index < -0.39 is 0 Å². The third kappa shape index (κ3) is 12.6. The van der Waals surface area contributed by atoms with Gasteiger partial charge in [-0.05, 0) is 195 Å². The Labute approximate surface area is 515 Å². The standard InChI is InChI=1S/C78H66O11/c79-68-10-1-44(2-11-68)19-51-33-65-42-59-27-50(9-18-74(59)85)30-61-36-52(35-60(75(61)86)20-45-3-12-69(80)13-4-45)31-57-24-47(6-15-72(57)83)23-55-21-46(5-14-70(55)81)22-56-25-48(7-16-71(56)82)28-62-37-53-32-58-26-49(8-17-73(58)84)29-63-39-54(40-64(38-53)76(62)87)41-67(77(63)88)43-66(34-51)78(65)89/h1-18,21,24-27,33-39,41,79-89H,19-20,22-23,28-32,40,42-43H2. The van der Waals surface area contributed by atoms with Gasteiger partial charge in [0.2, 0.25) is 0 Å². The van der Waals surface area contributed by atoms with E-state index in [1.807, 2.05) is 115 Å². The minimum Gasteiger partial charge on any atom is -0.508 e. The second-order valence-corrected chi connectivity index (χ2v) is 24.3. The van der Waals surface area contributed by atoms with Gasteiger partial charge in [0.1, 0.15) is 63.2 Å². The number of hydrogen-bond donors (Lipinski definition) is 11. The number of fused-ring (bicyclic) bond motifs is 18. The van der Waals surface area contributed by atoms with Crippen molar-refractivity contribution in [1.29, 1.82) is 0 Å². The molecule has 0 amide bonds. The van der Waals surface area contributed by atoms with Crippen LogP contribution in [0.5, 0.6) is 63.2 Å². The predicted molar refractivity (Wildman–Crippen MR) is 343 cm³/mol. The van der Waals surface area contributed by atoms with Crippen molar-refractivity contribution in [2.24, 2.45) is 0 Å². The Morgan fingerprint density at radius 2 is 0.438 bits per heavy atom. The zero-order chi connectivity index (χ0) is 61.6. The van der Waals surface area contributed by atoms with E-state index >= 15 is 0 Å². The van der Waals surface area contributed by atoms with Gasteiger partial charge >= 0.3 is 0 Å². The molecule has 0 fully saturated rings. The summed E-state index contributed by atoms with van der Waals surface area (Å²) >= 11 is 0. The first-order chi connectivity index (χ1) is 42.9. The van der Waals surface area contributed by atoms with Crippen molar-refractivity contribution in [1.82, 2.24) is 0 Å². The molecule has 11 nitrogen and oxygen atoms in total. The molecule has 0 heterocycles. The number of phenolic OH excluding ortho intramolecular Hbond substituents is 11. The number of aromatic hydroxyl groups is 11. The Balaban J connectivity index is 0.962. The highest BCUT2D eigenvalue weighted by Gasteiger charge is 2.23. The number of rotatable bonds is 4. The van der Waals surface area contributed by atoms with Gasteiger partial charge in [0.15, 0.2) is 0 Å². The first kappa shape index (κ1) is 57.3. The molecule has 13 rings (SSSR count). The van der Waals surface area contributed by atoms with Crippen LogP contribution in [0.25, 0.3) is 0 Å². The number of hydrogen-bond acceptors (Lipinski definition) is 11. The molecule has 11 heteroatoms. The van der Waals surface area contributed by atoms with Crippen LogP contribution in [0.4, 0.5) is 0 Å². The van der Waals surface area contributed by atoms with Crippen LogP contribution in [0.15, 0.2) is 188 Å². The molecule has 11 N–H and O–H groups in total. The molecule has 0 atom stereocenters. The third-order valence-electron chi connectivity index (χ3n) is 17.6. The van der Waals surface area contributed by atoms with Crippen LogP contribution in [0.1, 0.15) is 134 Å². The van der Waals surface area contributed by atoms with Crippen LogP contribution in [-0.4, -0.2) is 56.2 Å². The summed E-state index contributed by atoms with van der Waals surface area (Å²) in [5, 5.41) is 127. The van der Waals surface area contributed by atoms with E-state index in [0.717, 1.165) is 61.2 Å². The third-order valence-corrected chi connectivity index (χ3v) is 17.6. The lowest BCUT2D eigenvalue weighted by Gasteiger charge is -2.20. The van der Waals surface area contributed by atoms with E-state index in [4.69, 9.17) is 0 Å². The van der Waals surface area contributed by atoms with E-state index in [1.54, 1.807) is 72.8 Å². The van der Waals surface area contributed by atoms with Gasteiger partial charge in [0, 0.05) is 70.6 Å². The predicted octanol–water partition coefficient (Wildman–Crippen LogP) is 14.2. The summed E-state index contributed by atoms with van der Waals surface area (Å²) in [6.45, 7) is 0. The van der Waals surface area contributed by atoms with Crippen molar-refractivity contribution in [3.63, 3.8) is 0 Å². The second kappa shape index (κ2) is 23.8. The minimum absolute atomic E-state index is 0.000951. The molecule has 20 bridgehead atoms. The fourth-order valence-electron chi connectivity index (χ4n) is 13.1. The zero-order valence-corrected chi connectivity index (χ0v) is 48.8. The molecule has 11 aromatic rings. The van der Waals surface area contributed by atoms with Gasteiger partial charge in [-0.3, -0.25) is 0 Å². The van der Waals surface area contributed by atoms with Gasteiger partial charge in [-0.1, -0.05) is 133 Å². The summed E-state index contributed by atoms with van der Waals surface area (Å²) in [6, 6.07) is 56.2. The molecule has 0 saturated carbocycles. The van der Waals surface area contributed by atoms with Gasteiger partial charge < -0.3 is 56.2 Å². The largest absolute Gasteiger partial charge is 0.508 e. The maximum Gasteiger partial charge on any atom is 0.122 e. The van der Waals surface area contributed by atoms with E-state index in [2.05, 4.69) is 0 Å². The molecule has 0 aromatic heterocycles. The molecule has 89 heavy (non-hydrogen) atoms. The van der Waals surface area contributed by atoms with E-state index in [-0.39, 0.29) is 95.3 Å². The first-order valence-electron chi connectivity index (χ1n) is 29.9. The molecular formula is C78H66O11. The normalized spacial score (nSPS) is 13.1. The maximum absolute atomic E-state index is 12.6. The number of phenols is 11. The van der Waals surface area contributed by atoms with Gasteiger partial charge in [-0.25, -0.2) is 0 Å². The van der Waals surface area contributed by atoms with E-state index in [0.29, 0.717) is 117 Å². The van der Waals surface area contributed by atoms with Crippen LogP contribution in [0.2, 0.25) is 0 Å². The van der Waals surface area contributed by atoms with Crippen LogP contribution >= 0.6 is 0 Å². The maximum atomic E-state index is 12.6. The Morgan fingerprint density at radius 3 is 0.809 bits per heavy atom. The summed E-state index contributed by atoms with van der Waals surface area (Å²) in [7, 11) is 0. The monoisotopic (exact) mass is 1180 g/mol. The summed E-state index contributed by atoms with van der Waals surface area (Å²) < 4.78 is 0. The fraction of sp³-hybridized carbons (Fsp3) is 0.154. The zero-order valence-electron chi connectivity index (χ0n) is 48.8. The van der Waals surface area contributed by atoms with Gasteiger partial charge in [-0.15, -0.1) is 0 Å². The molecular weight excluding hydrogens is 1110 g/mol. The molecule has 11 aromatic carbocycles. The molecule has 0 aliphatic heterocycles. The molecule has 444 valence electrons. The highest BCUT2D eigenvalue weighted by Crippen LogP contribution is 2.41. The summed E-state index contributed by atoms with van der Waals surface area (Å²) in [5.74, 6) is 0.819. The van der Waals surface area contributed by atoms with Crippen molar-refractivity contribution >= 4 is 0 Å². The average Bonchev–Trinajstić information content (AvgIpc) is 1.78. The van der Waals surface area contributed by atoms with Gasteiger partial charge in [-0.2, -0.15) is 0 Å². The molecule has 0 saturated heterocycles. The fourth-order valence-corrected chi connectivity index (χ4v) is 13.1. The lowest BCUT2D eigenvalue weighted by molar-refractivity contribution is 0.455. The molecule has 0 radical (unpaired) electrons. The number of benzene rings is 11. The van der Waals surface area contributed by atoms with Crippen LogP contribution in [0.3, 0.4) is 0 Å². The summed E-state index contributed by atoms with van der Waals surface area (Å²) in [4.78, 5) is 0. The van der Waals surface area contributed by atoms with Gasteiger partial charge in [0.05, 0.1) is 0 Å². The lowest BCUT2D eigenvalue weighted by Crippen LogP contribution is -2.04. The smallest absolute Gasteiger partial charge is 0.122 e. The van der Waals surface area contributed by atoms with Crippen molar-refractivity contribution < 1.29 is 56.2 Å². The molecule has 0 unspecified atom stereocenters. The van der Waals surface area contributed by atoms with Gasteiger partial charge in [0.25, 0.3) is 0 Å². The average molecular weight is 1180 g/mol. The molecule has 2 aliphatic carbocycles. The Morgan fingerprint density at radius 1 is 0.191 bits per heavy atom. The second-order valence-electron chi connectivity index (χ2n) is 24.3. The van der Waals surface area contributed by atoms with E-state index in [1.165, 1.54) is 0 Å². The highest BCUT2D eigenvalue weighted by atomic mass is 16.3. The van der Waals surface area contributed by atoms with Crippen molar-refractivity contribution in [3.8, 4) is 63.2 Å². The topological polar surface area (TPSA) is 223 Å². The van der Waals surface area contributed by atoms with Crippen molar-refractivity contribution in [2.45, 2.75) is 77.0 Å². The summed E-state index contributed by atoms with van der Waals surface area (Å²) in [6.07, 6.45) is 3.40. The Bertz CT molecular complexity index is 4560. The highest BCUT2D eigenvalue weighted by molar-refractivity contribution is 5.59. The minimum atomic E-state index is -0.0204. The quantitative estimate of drug-likeness (QED) is 0.0795. The Hall–Kier alpha value is -10.8. The van der Waals surface area contributed by atoms with Crippen molar-refractivity contribution in [3.05, 3.63) is 322 Å². The van der Waals surface area contributed by atoms with Crippen LogP contribution < -0.4 is 0 Å². The Kier molecular flexibility index (Phi) is 15.3. The SMILES string of the molecule is Oc1ccc(Cc2cc3c(O)c(c2)Cc2cc4cc(c2O)Cc2ccc(O)c(c2)Cc2cc(c(O)c(c2)C4)Cc2ccc(O)c(c2)Cc2ccc(O)c(c2)Cc2ccc(O)c(c2)Cc2cc(Cc4ccc(O)cc4)c(O)c(c2)Cc2ccc(O)c(c2)C3)cc1. The molecule has 0 spiro atoms. The molecule has 2 aliphatic rings. The van der Waals surface area contributed by atoms with Crippen LogP contribution in [0, 0.1) is 0 Å². The van der Waals surface area contributed by atoms with Crippen molar-refractivity contribution in [2.75, 3.05) is 0 Å². The lowest BCUT2D eigenvalue weighted by atomic mass is 9.87. The van der Waals surface area contributed by atoms with E-state index in [9.17, 15) is 56.2 Å². The van der Waals surface area contributed by atoms with Crippen LogP contribution in [-0.2, 0) is 77.0 Å².